The molecule has 0 saturated carbocycles. The Morgan fingerprint density at radius 1 is 1.14 bits per heavy atom. The smallest absolute Gasteiger partial charge is 0.135 e. The second kappa shape index (κ2) is 7.36. The molecule has 0 amide bonds. The molecule has 114 valence electrons. The Balaban J connectivity index is 2.25. The fraction of sp³-hybridized carbons (Fsp3) is 0.533. The number of nitrogens with one attached hydrogen (secondary N) is 2. The van der Waals surface area contributed by atoms with Crippen molar-refractivity contribution in [2.45, 2.75) is 46.1 Å². The Bertz CT molecular complexity index is 553. The van der Waals surface area contributed by atoms with Gasteiger partial charge in [-0.05, 0) is 19.3 Å². The van der Waals surface area contributed by atoms with E-state index in [0.29, 0.717) is 5.92 Å². The molecule has 6 heteroatoms. The number of hydrogen-bond acceptors (Lipinski definition) is 6. The Morgan fingerprint density at radius 2 is 1.90 bits per heavy atom. The van der Waals surface area contributed by atoms with Crippen molar-refractivity contribution < 1.29 is 0 Å². The van der Waals surface area contributed by atoms with Crippen molar-refractivity contribution in [3.63, 3.8) is 0 Å². The topological polar surface area (TPSA) is 62.7 Å². The molecule has 0 aromatic carbocycles. The third kappa shape index (κ3) is 3.91. The highest BCUT2D eigenvalue weighted by molar-refractivity contribution is 7.09. The number of aromatic nitrogens is 3. The molecule has 0 aliphatic rings. The van der Waals surface area contributed by atoms with Crippen LogP contribution >= 0.6 is 11.3 Å². The molecule has 5 nitrogen and oxygen atoms in total. The van der Waals surface area contributed by atoms with Gasteiger partial charge in [0.25, 0.3) is 0 Å². The molecule has 0 saturated heterocycles. The quantitative estimate of drug-likeness (QED) is 0.808. The van der Waals surface area contributed by atoms with E-state index >= 15 is 0 Å². The van der Waals surface area contributed by atoms with E-state index in [-0.39, 0.29) is 6.04 Å². The Kier molecular flexibility index (Phi) is 5.50. The SMILES string of the molecule is CCCNc1ncnc(NC(C)c2nccs2)c1C(C)C. The molecule has 2 heterocycles. The Hall–Kier alpha value is -1.69. The molecule has 0 aliphatic carbocycles. The minimum Gasteiger partial charge on any atom is -0.370 e. The molecule has 0 spiro atoms. The zero-order chi connectivity index (χ0) is 15.2. The maximum atomic E-state index is 4.43. The van der Waals surface area contributed by atoms with Crippen molar-refractivity contribution in [3.8, 4) is 0 Å². The van der Waals surface area contributed by atoms with Gasteiger partial charge in [0.05, 0.1) is 6.04 Å². The summed E-state index contributed by atoms with van der Waals surface area (Å²) in [6.07, 6.45) is 4.51. The van der Waals surface area contributed by atoms with Crippen LogP contribution in [-0.4, -0.2) is 21.5 Å². The molecule has 21 heavy (non-hydrogen) atoms. The zero-order valence-electron chi connectivity index (χ0n) is 13.1. The van der Waals surface area contributed by atoms with Gasteiger partial charge in [-0.3, -0.25) is 0 Å². The predicted octanol–water partition coefficient (Wildman–Crippen LogP) is 4.05. The van der Waals surface area contributed by atoms with Gasteiger partial charge in [-0.25, -0.2) is 15.0 Å². The van der Waals surface area contributed by atoms with E-state index < -0.39 is 0 Å². The average molecular weight is 305 g/mol. The molecule has 2 rings (SSSR count). The fourth-order valence-corrected chi connectivity index (χ4v) is 2.80. The number of rotatable bonds is 7. The summed E-state index contributed by atoms with van der Waals surface area (Å²) in [5.41, 5.74) is 1.13. The van der Waals surface area contributed by atoms with E-state index in [2.05, 4.69) is 53.3 Å². The van der Waals surface area contributed by atoms with Crippen molar-refractivity contribution in [1.82, 2.24) is 15.0 Å². The first-order valence-electron chi connectivity index (χ1n) is 7.38. The zero-order valence-corrected chi connectivity index (χ0v) is 13.9. The molecule has 0 radical (unpaired) electrons. The summed E-state index contributed by atoms with van der Waals surface area (Å²) in [5, 5.41) is 9.91. The van der Waals surface area contributed by atoms with Crippen molar-refractivity contribution in [2.24, 2.45) is 0 Å². The summed E-state index contributed by atoms with van der Waals surface area (Å²) in [6, 6.07) is 0.136. The van der Waals surface area contributed by atoms with Gasteiger partial charge in [0.2, 0.25) is 0 Å². The van der Waals surface area contributed by atoms with Crippen LogP contribution in [0.1, 0.15) is 56.6 Å². The van der Waals surface area contributed by atoms with E-state index in [9.17, 15) is 0 Å². The third-order valence-corrected chi connectivity index (χ3v) is 4.14. The van der Waals surface area contributed by atoms with Crippen molar-refractivity contribution in [3.05, 3.63) is 28.5 Å². The standard InChI is InChI=1S/C15H23N5S/c1-5-6-16-13-12(10(2)3)14(19-9-18-13)20-11(4)15-17-7-8-21-15/h7-11H,5-6H2,1-4H3,(H2,16,18,19,20). The first kappa shape index (κ1) is 15.7. The maximum absolute atomic E-state index is 4.43. The third-order valence-electron chi connectivity index (χ3n) is 3.18. The van der Waals surface area contributed by atoms with Gasteiger partial charge in [0, 0.05) is 23.7 Å². The van der Waals surface area contributed by atoms with Gasteiger partial charge in [0.1, 0.15) is 23.0 Å². The molecule has 1 unspecified atom stereocenters. The van der Waals surface area contributed by atoms with Gasteiger partial charge in [0.15, 0.2) is 0 Å². The number of nitrogens with zero attached hydrogens (tertiary/aromatic N) is 3. The minimum absolute atomic E-state index is 0.136. The molecular weight excluding hydrogens is 282 g/mol. The van der Waals surface area contributed by atoms with Crippen LogP contribution < -0.4 is 10.6 Å². The molecule has 1 atom stereocenters. The Morgan fingerprint density at radius 3 is 2.52 bits per heavy atom. The Labute approximate surface area is 130 Å². The van der Waals surface area contributed by atoms with Crippen LogP contribution in [0, 0.1) is 0 Å². The minimum atomic E-state index is 0.136. The second-order valence-electron chi connectivity index (χ2n) is 5.30. The first-order chi connectivity index (χ1) is 10.1. The van der Waals surface area contributed by atoms with E-state index in [4.69, 9.17) is 0 Å². The average Bonchev–Trinajstić information content (AvgIpc) is 2.99. The highest BCUT2D eigenvalue weighted by Crippen LogP contribution is 2.30. The summed E-state index contributed by atoms with van der Waals surface area (Å²) < 4.78 is 0. The number of thiazole rings is 1. The molecule has 2 aromatic rings. The van der Waals surface area contributed by atoms with Crippen LogP contribution in [0.4, 0.5) is 11.6 Å². The lowest BCUT2D eigenvalue weighted by Crippen LogP contribution is -2.14. The summed E-state index contributed by atoms with van der Waals surface area (Å²) in [7, 11) is 0. The van der Waals surface area contributed by atoms with E-state index in [1.165, 1.54) is 0 Å². The van der Waals surface area contributed by atoms with Crippen molar-refractivity contribution >= 4 is 23.0 Å². The molecule has 0 fully saturated rings. The highest BCUT2D eigenvalue weighted by Gasteiger charge is 2.17. The van der Waals surface area contributed by atoms with Crippen molar-refractivity contribution in [1.29, 1.82) is 0 Å². The number of anilines is 2. The maximum Gasteiger partial charge on any atom is 0.135 e. The van der Waals surface area contributed by atoms with Gasteiger partial charge in [-0.2, -0.15) is 0 Å². The monoisotopic (exact) mass is 305 g/mol. The van der Waals surface area contributed by atoms with Crippen LogP contribution in [0.5, 0.6) is 0 Å². The molecule has 0 bridgehead atoms. The normalized spacial score (nSPS) is 12.4. The van der Waals surface area contributed by atoms with Gasteiger partial charge < -0.3 is 10.6 Å². The van der Waals surface area contributed by atoms with E-state index in [0.717, 1.165) is 35.2 Å². The van der Waals surface area contributed by atoms with Gasteiger partial charge >= 0.3 is 0 Å². The van der Waals surface area contributed by atoms with Gasteiger partial charge in [-0.1, -0.05) is 20.8 Å². The van der Waals surface area contributed by atoms with Crippen LogP contribution in [0.2, 0.25) is 0 Å². The molecule has 0 aliphatic heterocycles. The fourth-order valence-electron chi connectivity index (χ4n) is 2.16. The van der Waals surface area contributed by atoms with Crippen LogP contribution in [0.15, 0.2) is 17.9 Å². The lowest BCUT2D eigenvalue weighted by Gasteiger charge is -2.20. The summed E-state index contributed by atoms with van der Waals surface area (Å²) >= 11 is 1.65. The highest BCUT2D eigenvalue weighted by atomic mass is 32.1. The lowest BCUT2D eigenvalue weighted by atomic mass is 10.0. The first-order valence-corrected chi connectivity index (χ1v) is 8.26. The molecular formula is C15H23N5S. The predicted molar refractivity (Wildman–Crippen MR) is 89.1 cm³/mol. The lowest BCUT2D eigenvalue weighted by molar-refractivity contribution is 0.812. The molecule has 2 aromatic heterocycles. The largest absolute Gasteiger partial charge is 0.370 e. The van der Waals surface area contributed by atoms with Gasteiger partial charge in [-0.15, -0.1) is 11.3 Å². The van der Waals surface area contributed by atoms with E-state index in [1.807, 2.05) is 11.6 Å². The molecule has 2 N–H and O–H groups in total. The summed E-state index contributed by atoms with van der Waals surface area (Å²) in [6.45, 7) is 9.49. The van der Waals surface area contributed by atoms with Crippen LogP contribution in [-0.2, 0) is 0 Å². The summed E-state index contributed by atoms with van der Waals surface area (Å²) in [5.74, 6) is 2.16. The van der Waals surface area contributed by atoms with Crippen LogP contribution in [0.3, 0.4) is 0 Å². The second-order valence-corrected chi connectivity index (χ2v) is 6.23. The summed E-state index contributed by atoms with van der Waals surface area (Å²) in [4.78, 5) is 13.2. The van der Waals surface area contributed by atoms with Crippen LogP contribution in [0.25, 0.3) is 0 Å². The van der Waals surface area contributed by atoms with Crippen molar-refractivity contribution in [2.75, 3.05) is 17.2 Å². The number of hydrogen-bond donors (Lipinski definition) is 2. The van der Waals surface area contributed by atoms with E-state index in [1.54, 1.807) is 17.7 Å².